The number of aromatic nitrogens is 2. The van der Waals surface area contributed by atoms with Gasteiger partial charge in [0, 0.05) is 42.8 Å². The topological polar surface area (TPSA) is 108 Å². The Morgan fingerprint density at radius 3 is 2.54 bits per heavy atom. The number of nitrogens with zero attached hydrogens (tertiary/aromatic N) is 2. The summed E-state index contributed by atoms with van der Waals surface area (Å²) in [7, 11) is 1.91. The SMILES string of the molecule is CCC(=O)OCC(=O)C1(OC(=O)CC)[C@@H](C)C[C@H]2[C@@H]3CCC4=Cc5nn(C)cc5C[C@]4(C)[C@@]3(Cl)[C@@H](O)C[C@@]21C. The smallest absolute Gasteiger partial charge is 0.306 e. The Kier molecular flexibility index (Phi) is 6.86. The normalized spacial score (nSPS) is 40.5. The molecule has 39 heavy (non-hydrogen) atoms. The first-order valence-electron chi connectivity index (χ1n) is 14.3. The van der Waals surface area contributed by atoms with Gasteiger partial charge in [-0.1, -0.05) is 40.2 Å². The summed E-state index contributed by atoms with van der Waals surface area (Å²) in [5.74, 6) is -1.89. The number of alkyl halides is 1. The summed E-state index contributed by atoms with van der Waals surface area (Å²) in [5, 5.41) is 16.7. The number of allylic oxidation sites excluding steroid dienone is 1. The molecule has 0 spiro atoms. The molecule has 0 bridgehead atoms. The molecule has 1 heterocycles. The van der Waals surface area contributed by atoms with Crippen LogP contribution in [0.4, 0.5) is 0 Å². The van der Waals surface area contributed by atoms with Crippen LogP contribution in [0, 0.1) is 28.6 Å². The zero-order chi connectivity index (χ0) is 28.5. The summed E-state index contributed by atoms with van der Waals surface area (Å²) >= 11 is 7.74. The summed E-state index contributed by atoms with van der Waals surface area (Å²) in [6, 6.07) is 0. The van der Waals surface area contributed by atoms with Crippen molar-refractivity contribution in [3.63, 3.8) is 0 Å². The second-order valence-electron chi connectivity index (χ2n) is 12.7. The highest BCUT2D eigenvalue weighted by Gasteiger charge is 2.76. The molecular weight excluding hydrogens is 520 g/mol. The largest absolute Gasteiger partial charge is 0.457 e. The average molecular weight is 561 g/mol. The van der Waals surface area contributed by atoms with Gasteiger partial charge < -0.3 is 14.6 Å². The third-order valence-corrected chi connectivity index (χ3v) is 11.7. The first-order valence-corrected chi connectivity index (χ1v) is 14.7. The van der Waals surface area contributed by atoms with E-state index in [0.717, 1.165) is 24.1 Å². The van der Waals surface area contributed by atoms with E-state index in [9.17, 15) is 19.5 Å². The first kappa shape index (κ1) is 28.3. The standard InChI is InChI=1S/C30H41ClN2O6/c1-7-25(36)38-16-24(35)30(39-26(37)8-2)17(3)11-21-20-10-9-19-12-22-18(15-33(6)32-22)13-27(19,4)29(20,31)23(34)14-28(21,30)5/h12,15,17,20-21,23,34H,7-11,13-14,16H2,1-6H3/t17-,20-,21-,23-,27-,28-,29-,30?/m0/s1. The molecule has 1 N–H and O–H groups in total. The number of aliphatic hydroxyl groups is 1. The van der Waals surface area contributed by atoms with Crippen molar-refractivity contribution in [2.45, 2.75) is 96.1 Å². The van der Waals surface area contributed by atoms with Crippen LogP contribution in [0.15, 0.2) is 11.8 Å². The van der Waals surface area contributed by atoms with E-state index in [0.29, 0.717) is 12.8 Å². The van der Waals surface area contributed by atoms with Crippen LogP contribution in [0.1, 0.15) is 84.4 Å². The molecule has 9 heteroatoms. The lowest BCUT2D eigenvalue weighted by Crippen LogP contribution is -2.70. The highest BCUT2D eigenvalue weighted by atomic mass is 35.5. The van der Waals surface area contributed by atoms with Crippen LogP contribution in [0.3, 0.4) is 0 Å². The lowest BCUT2D eigenvalue weighted by atomic mass is 9.44. The van der Waals surface area contributed by atoms with Crippen molar-refractivity contribution in [1.82, 2.24) is 9.78 Å². The van der Waals surface area contributed by atoms with E-state index >= 15 is 0 Å². The van der Waals surface area contributed by atoms with Crippen molar-refractivity contribution in [2.75, 3.05) is 6.61 Å². The van der Waals surface area contributed by atoms with E-state index in [1.807, 2.05) is 31.8 Å². The van der Waals surface area contributed by atoms with Gasteiger partial charge in [-0.25, -0.2) is 0 Å². The Morgan fingerprint density at radius 2 is 1.87 bits per heavy atom. The van der Waals surface area contributed by atoms with Gasteiger partial charge in [0.2, 0.25) is 5.78 Å². The van der Waals surface area contributed by atoms with Gasteiger partial charge in [0.15, 0.2) is 12.2 Å². The fraction of sp³-hybridized carbons (Fsp3) is 0.733. The molecule has 0 amide bonds. The maximum atomic E-state index is 14.0. The van der Waals surface area contributed by atoms with E-state index in [4.69, 9.17) is 21.1 Å². The Hall–Kier alpha value is -2.19. The second-order valence-corrected chi connectivity index (χ2v) is 13.3. The van der Waals surface area contributed by atoms with Crippen LogP contribution in [-0.2, 0) is 37.3 Å². The third kappa shape index (κ3) is 3.73. The molecule has 8 atom stereocenters. The average Bonchev–Trinajstić information content (AvgIpc) is 3.34. The van der Waals surface area contributed by atoms with E-state index in [1.165, 1.54) is 5.57 Å². The monoisotopic (exact) mass is 560 g/mol. The molecule has 8 nitrogen and oxygen atoms in total. The molecule has 5 rings (SSSR count). The van der Waals surface area contributed by atoms with E-state index < -0.39 is 51.7 Å². The number of Topliss-reactive ketones (excluding diaryl/α,β-unsaturated/α-hetero) is 1. The summed E-state index contributed by atoms with van der Waals surface area (Å²) < 4.78 is 13.2. The van der Waals surface area contributed by atoms with Gasteiger partial charge in [-0.15, -0.1) is 11.6 Å². The molecule has 1 aromatic heterocycles. The predicted octanol–water partition coefficient (Wildman–Crippen LogP) is 4.39. The number of hydrogen-bond donors (Lipinski definition) is 1. The third-order valence-electron chi connectivity index (χ3n) is 10.8. The van der Waals surface area contributed by atoms with Crippen LogP contribution in [-0.4, -0.2) is 55.8 Å². The summed E-state index contributed by atoms with van der Waals surface area (Å²) in [5.41, 5.74) is 0.401. The van der Waals surface area contributed by atoms with Crippen LogP contribution in [0.2, 0.25) is 0 Å². The van der Waals surface area contributed by atoms with Crippen molar-refractivity contribution in [2.24, 2.45) is 35.6 Å². The summed E-state index contributed by atoms with van der Waals surface area (Å²) in [6.07, 6.45) is 6.58. The van der Waals surface area contributed by atoms with Crippen LogP contribution >= 0.6 is 11.6 Å². The van der Waals surface area contributed by atoms with Gasteiger partial charge in [0.1, 0.15) is 0 Å². The number of ether oxygens (including phenoxy) is 2. The van der Waals surface area contributed by atoms with Gasteiger partial charge in [-0.3, -0.25) is 19.1 Å². The van der Waals surface area contributed by atoms with E-state index in [-0.39, 0.29) is 37.0 Å². The highest BCUT2D eigenvalue weighted by molar-refractivity contribution is 6.26. The molecule has 1 unspecified atom stereocenters. The summed E-state index contributed by atoms with van der Waals surface area (Å²) in [4.78, 5) is 37.8. The maximum Gasteiger partial charge on any atom is 0.306 e. The van der Waals surface area contributed by atoms with Crippen molar-refractivity contribution < 1.29 is 29.0 Å². The number of carbonyl (C=O) groups excluding carboxylic acids is 3. The van der Waals surface area contributed by atoms with Gasteiger partial charge in [-0.05, 0) is 55.6 Å². The van der Waals surface area contributed by atoms with E-state index in [2.05, 4.69) is 18.1 Å². The fourth-order valence-corrected chi connectivity index (χ4v) is 9.51. The zero-order valence-electron chi connectivity index (χ0n) is 23.9. The van der Waals surface area contributed by atoms with Gasteiger partial charge in [-0.2, -0.15) is 5.10 Å². The minimum atomic E-state index is -1.52. The Bertz CT molecular complexity index is 1240. The van der Waals surface area contributed by atoms with Crippen molar-refractivity contribution in [3.05, 3.63) is 23.0 Å². The Morgan fingerprint density at radius 1 is 1.18 bits per heavy atom. The number of ketones is 1. The van der Waals surface area contributed by atoms with Crippen molar-refractivity contribution in [3.8, 4) is 0 Å². The number of hydrogen-bond acceptors (Lipinski definition) is 7. The molecule has 0 saturated heterocycles. The van der Waals surface area contributed by atoms with Gasteiger partial charge in [0.05, 0.1) is 16.7 Å². The van der Waals surface area contributed by atoms with Gasteiger partial charge in [0.25, 0.3) is 0 Å². The molecule has 1 aromatic rings. The van der Waals surface area contributed by atoms with Gasteiger partial charge >= 0.3 is 11.9 Å². The molecule has 4 aliphatic rings. The number of rotatable bonds is 6. The number of fused-ring (bicyclic) bond motifs is 6. The Labute approximate surface area is 235 Å². The van der Waals surface area contributed by atoms with E-state index in [1.54, 1.807) is 13.8 Å². The molecule has 0 aromatic carbocycles. The number of aryl methyl sites for hydroxylation is 1. The van der Waals surface area contributed by atoms with Crippen molar-refractivity contribution in [1.29, 1.82) is 0 Å². The molecule has 3 fully saturated rings. The number of carbonyl (C=O) groups is 3. The quantitative estimate of drug-likeness (QED) is 0.406. The lowest BCUT2D eigenvalue weighted by molar-refractivity contribution is -0.204. The van der Waals surface area contributed by atoms with Crippen molar-refractivity contribution >= 4 is 35.4 Å². The predicted molar refractivity (Wildman–Crippen MR) is 146 cm³/mol. The minimum Gasteiger partial charge on any atom is -0.457 e. The molecule has 0 radical (unpaired) electrons. The molecular formula is C30H41ClN2O6. The molecule has 3 saturated carbocycles. The minimum absolute atomic E-state index is 0.0717. The number of halogens is 1. The number of aliphatic hydroxyl groups excluding tert-OH is 1. The first-order chi connectivity index (χ1) is 18.3. The van der Waals surface area contributed by atoms with Crippen LogP contribution in [0.25, 0.3) is 6.08 Å². The van der Waals surface area contributed by atoms with Crippen LogP contribution in [0.5, 0.6) is 0 Å². The molecule has 4 aliphatic carbocycles. The van der Waals surface area contributed by atoms with Crippen LogP contribution < -0.4 is 0 Å². The Balaban J connectivity index is 1.58. The molecule has 214 valence electrons. The molecule has 0 aliphatic heterocycles. The zero-order valence-corrected chi connectivity index (χ0v) is 24.6. The summed E-state index contributed by atoms with van der Waals surface area (Å²) in [6.45, 7) is 8.97. The number of esters is 2. The lowest BCUT2D eigenvalue weighted by Gasteiger charge is -2.64. The second kappa shape index (κ2) is 9.44. The maximum absolute atomic E-state index is 14.0. The highest BCUT2D eigenvalue weighted by Crippen LogP contribution is 2.72. The fourth-order valence-electron chi connectivity index (χ4n) is 8.98.